The molecule has 4 rings (SSSR count). The molecule has 0 aliphatic heterocycles. The van der Waals surface area contributed by atoms with E-state index < -0.39 is 13.7 Å². The van der Waals surface area contributed by atoms with E-state index in [1.807, 2.05) is 0 Å². The van der Waals surface area contributed by atoms with Crippen LogP contribution in [0.4, 0.5) is 0 Å². The van der Waals surface area contributed by atoms with Gasteiger partial charge >= 0.3 is 119 Å². The second-order valence-corrected chi connectivity index (χ2v) is 10.7. The average Bonchev–Trinajstić information content (AvgIpc) is 3.08. The first-order chi connectivity index (χ1) is 8.78. The fraction of sp³-hybridized carbons (Fsp3) is 1.00. The molecule has 4 aliphatic rings. The Bertz CT molecular complexity index is 330. The van der Waals surface area contributed by atoms with Crippen LogP contribution in [0, 0.1) is 23.7 Å². The summed E-state index contributed by atoms with van der Waals surface area (Å²) in [6, 6.07) is 0. The summed E-state index contributed by atoms with van der Waals surface area (Å²) in [6.07, 6.45) is 11.9. The summed E-state index contributed by atoms with van der Waals surface area (Å²) in [6.45, 7) is 0. The SMILES string of the molecule is S=[AsH](OC1CC2CCC1C2)OC1CC2CCC1C2. The van der Waals surface area contributed by atoms with E-state index in [2.05, 4.69) is 0 Å². The van der Waals surface area contributed by atoms with Gasteiger partial charge in [-0.15, -0.1) is 0 Å². The number of hydrogen-bond acceptors (Lipinski definition) is 3. The van der Waals surface area contributed by atoms with Crippen LogP contribution in [-0.2, 0) is 7.45 Å². The van der Waals surface area contributed by atoms with Gasteiger partial charge in [0.15, 0.2) is 0 Å². The monoisotopic (exact) mass is 330 g/mol. The van der Waals surface area contributed by atoms with E-state index in [0.717, 1.165) is 23.7 Å². The molecule has 0 aromatic heterocycles. The van der Waals surface area contributed by atoms with Gasteiger partial charge in [-0.3, -0.25) is 0 Å². The molecule has 0 aromatic carbocycles. The minimum absolute atomic E-state index is 0.481. The minimum atomic E-state index is -2.07. The Labute approximate surface area is 119 Å². The molecule has 4 fully saturated rings. The fourth-order valence-electron chi connectivity index (χ4n) is 4.94. The molecule has 102 valence electrons. The van der Waals surface area contributed by atoms with E-state index in [1.165, 1.54) is 51.4 Å². The third kappa shape index (κ3) is 2.26. The van der Waals surface area contributed by atoms with Crippen molar-refractivity contribution in [2.24, 2.45) is 23.7 Å². The molecule has 4 bridgehead atoms. The predicted molar refractivity (Wildman–Crippen MR) is 75.4 cm³/mol. The Balaban J connectivity index is 1.29. The van der Waals surface area contributed by atoms with Gasteiger partial charge in [0.25, 0.3) is 0 Å². The predicted octanol–water partition coefficient (Wildman–Crippen LogP) is 3.31. The van der Waals surface area contributed by atoms with E-state index >= 15 is 0 Å². The second-order valence-electron chi connectivity index (χ2n) is 6.91. The normalized spacial score (nSPS) is 51.1. The number of hydrogen-bond donors (Lipinski definition) is 0. The number of fused-ring (bicyclic) bond motifs is 4. The molecule has 0 radical (unpaired) electrons. The van der Waals surface area contributed by atoms with Gasteiger partial charge in [0.2, 0.25) is 0 Å². The van der Waals surface area contributed by atoms with E-state index in [-0.39, 0.29) is 0 Å². The Kier molecular flexibility index (Phi) is 3.39. The quantitative estimate of drug-likeness (QED) is 0.737. The van der Waals surface area contributed by atoms with Crippen molar-refractivity contribution in [1.82, 2.24) is 0 Å². The van der Waals surface area contributed by atoms with Crippen LogP contribution in [0.15, 0.2) is 0 Å². The van der Waals surface area contributed by atoms with Gasteiger partial charge in [-0.1, -0.05) is 0 Å². The van der Waals surface area contributed by atoms with Crippen molar-refractivity contribution >= 4 is 24.1 Å². The molecule has 0 amide bonds. The zero-order valence-corrected chi connectivity index (χ0v) is 13.8. The van der Waals surface area contributed by atoms with Crippen molar-refractivity contribution < 1.29 is 7.45 Å². The van der Waals surface area contributed by atoms with Crippen LogP contribution >= 0.6 is 10.4 Å². The van der Waals surface area contributed by atoms with Gasteiger partial charge in [0.1, 0.15) is 0 Å². The van der Waals surface area contributed by atoms with Gasteiger partial charge in [0.05, 0.1) is 0 Å². The summed E-state index contributed by atoms with van der Waals surface area (Å²) in [7, 11) is 5.56. The fourth-order valence-corrected chi connectivity index (χ4v) is 8.59. The van der Waals surface area contributed by atoms with E-state index in [1.54, 1.807) is 0 Å². The van der Waals surface area contributed by atoms with Crippen molar-refractivity contribution in [2.75, 3.05) is 0 Å². The molecule has 2 nitrogen and oxygen atoms in total. The summed E-state index contributed by atoms with van der Waals surface area (Å²) >= 11 is -2.07. The third-order valence-corrected chi connectivity index (χ3v) is 8.92. The van der Waals surface area contributed by atoms with Crippen LogP contribution < -0.4 is 0 Å². The third-order valence-electron chi connectivity index (χ3n) is 5.84. The van der Waals surface area contributed by atoms with Crippen LogP contribution in [0.1, 0.15) is 51.4 Å². The summed E-state index contributed by atoms with van der Waals surface area (Å²) in [5.41, 5.74) is 0. The topological polar surface area (TPSA) is 18.5 Å². The zero-order chi connectivity index (χ0) is 12.1. The Morgan fingerprint density at radius 3 is 1.56 bits per heavy atom. The van der Waals surface area contributed by atoms with Gasteiger partial charge in [-0.25, -0.2) is 0 Å². The molecule has 0 heterocycles. The molecule has 0 N–H and O–H groups in total. The maximum atomic E-state index is 6.17. The first-order valence-electron chi connectivity index (χ1n) is 7.65. The van der Waals surface area contributed by atoms with Gasteiger partial charge in [-0.2, -0.15) is 0 Å². The Hall–Kier alpha value is 0.698. The van der Waals surface area contributed by atoms with E-state index in [9.17, 15) is 0 Å². The Morgan fingerprint density at radius 2 is 1.22 bits per heavy atom. The summed E-state index contributed by atoms with van der Waals surface area (Å²) < 4.78 is 12.3. The first kappa shape index (κ1) is 12.4. The second kappa shape index (κ2) is 4.91. The van der Waals surface area contributed by atoms with E-state index in [0.29, 0.717) is 12.2 Å². The van der Waals surface area contributed by atoms with Crippen LogP contribution in [0.25, 0.3) is 0 Å². The molecular formula is C14H23AsO2S. The van der Waals surface area contributed by atoms with Crippen molar-refractivity contribution in [1.29, 1.82) is 0 Å². The molecule has 0 aromatic rings. The van der Waals surface area contributed by atoms with Crippen molar-refractivity contribution in [3.63, 3.8) is 0 Å². The first-order valence-corrected chi connectivity index (χ1v) is 12.3. The number of rotatable bonds is 4. The molecule has 6 unspecified atom stereocenters. The molecule has 0 spiro atoms. The van der Waals surface area contributed by atoms with Crippen LogP contribution in [0.3, 0.4) is 0 Å². The zero-order valence-electron chi connectivity index (χ0n) is 10.8. The summed E-state index contributed by atoms with van der Waals surface area (Å²) in [5, 5.41) is 0. The molecule has 6 atom stereocenters. The standard InChI is InChI=1S/C14H23AsO2S/c18-15(16-13-7-9-1-3-11(13)5-9)17-14-8-10-2-4-12(14)6-10/h9-15H,1-8H2. The Morgan fingerprint density at radius 1 is 0.722 bits per heavy atom. The average molecular weight is 330 g/mol. The molecule has 18 heavy (non-hydrogen) atoms. The van der Waals surface area contributed by atoms with Crippen molar-refractivity contribution in [3.05, 3.63) is 0 Å². The van der Waals surface area contributed by atoms with Gasteiger partial charge in [0, 0.05) is 0 Å². The van der Waals surface area contributed by atoms with Gasteiger partial charge < -0.3 is 0 Å². The summed E-state index contributed by atoms with van der Waals surface area (Å²) in [5.74, 6) is 3.54. The van der Waals surface area contributed by atoms with Crippen LogP contribution in [-0.4, -0.2) is 25.9 Å². The molecule has 4 saturated carbocycles. The molecular weight excluding hydrogens is 307 g/mol. The molecule has 4 aliphatic carbocycles. The van der Waals surface area contributed by atoms with E-state index in [4.69, 9.17) is 17.8 Å². The molecule has 4 heteroatoms. The van der Waals surface area contributed by atoms with Crippen molar-refractivity contribution in [2.45, 2.75) is 63.6 Å². The summed E-state index contributed by atoms with van der Waals surface area (Å²) in [4.78, 5) is 0. The maximum absolute atomic E-state index is 6.17. The van der Waals surface area contributed by atoms with Gasteiger partial charge in [-0.05, 0) is 0 Å². The van der Waals surface area contributed by atoms with Crippen molar-refractivity contribution in [3.8, 4) is 0 Å². The van der Waals surface area contributed by atoms with Crippen LogP contribution in [0.5, 0.6) is 0 Å². The van der Waals surface area contributed by atoms with Crippen LogP contribution in [0.2, 0.25) is 0 Å². The molecule has 0 saturated heterocycles.